The summed E-state index contributed by atoms with van der Waals surface area (Å²) in [5.74, 6) is 2.16. The molecule has 1 aliphatic carbocycles. The van der Waals surface area contributed by atoms with E-state index in [2.05, 4.69) is 27.5 Å². The van der Waals surface area contributed by atoms with Gasteiger partial charge in [-0.25, -0.2) is 9.97 Å². The van der Waals surface area contributed by atoms with Crippen LogP contribution in [0.4, 0.5) is 11.6 Å². The van der Waals surface area contributed by atoms with Crippen LogP contribution in [-0.4, -0.2) is 34.3 Å². The molecule has 18 heavy (non-hydrogen) atoms. The van der Waals surface area contributed by atoms with E-state index < -0.39 is 0 Å². The lowest BCUT2D eigenvalue weighted by molar-refractivity contribution is 0.164. The zero-order valence-electron chi connectivity index (χ0n) is 11.1. The average Bonchev–Trinajstić information content (AvgIpc) is 3.20. The number of hydrogen-bond acceptors (Lipinski definition) is 5. The minimum atomic E-state index is -0.258. The van der Waals surface area contributed by atoms with Crippen LogP contribution in [-0.2, 0) is 0 Å². The monoisotopic (exact) mass is 250 g/mol. The zero-order valence-corrected chi connectivity index (χ0v) is 11.1. The Balaban J connectivity index is 1.94. The molecule has 1 fully saturated rings. The molecule has 0 amide bonds. The fourth-order valence-electron chi connectivity index (χ4n) is 1.90. The maximum absolute atomic E-state index is 9.83. The molecule has 5 heteroatoms. The first-order chi connectivity index (χ1) is 8.72. The van der Waals surface area contributed by atoms with Crippen LogP contribution in [0, 0.1) is 12.8 Å². The van der Waals surface area contributed by atoms with Crippen molar-refractivity contribution in [3.8, 4) is 0 Å². The summed E-state index contributed by atoms with van der Waals surface area (Å²) in [6, 6.07) is 0. The predicted octanol–water partition coefficient (Wildman–Crippen LogP) is 1.79. The lowest BCUT2D eigenvalue weighted by Crippen LogP contribution is -2.22. The smallest absolute Gasteiger partial charge is 0.134 e. The van der Waals surface area contributed by atoms with E-state index in [0.29, 0.717) is 12.5 Å². The number of aliphatic hydroxyl groups excluding tert-OH is 1. The largest absolute Gasteiger partial charge is 0.391 e. The summed E-state index contributed by atoms with van der Waals surface area (Å²) in [4.78, 5) is 8.45. The highest BCUT2D eigenvalue weighted by atomic mass is 16.3. The Bertz CT molecular complexity index is 393. The first kappa shape index (κ1) is 13.1. The number of nitrogens with one attached hydrogen (secondary N) is 2. The Kier molecular flexibility index (Phi) is 4.36. The first-order valence-electron chi connectivity index (χ1n) is 6.69. The van der Waals surface area contributed by atoms with E-state index in [1.54, 1.807) is 6.33 Å². The normalized spacial score (nSPS) is 16.4. The van der Waals surface area contributed by atoms with Crippen molar-refractivity contribution >= 4 is 11.6 Å². The SMILES string of the molecule is CCCNc1ncnc(NCC(O)C2CC2)c1C. The second-order valence-electron chi connectivity index (χ2n) is 4.91. The number of hydrogen-bond donors (Lipinski definition) is 3. The summed E-state index contributed by atoms with van der Waals surface area (Å²) in [5.41, 5.74) is 1.01. The number of aromatic nitrogens is 2. The molecular weight excluding hydrogens is 228 g/mol. The van der Waals surface area contributed by atoms with E-state index >= 15 is 0 Å². The molecule has 2 rings (SSSR count). The van der Waals surface area contributed by atoms with Gasteiger partial charge in [0.2, 0.25) is 0 Å². The Morgan fingerprint density at radius 1 is 1.33 bits per heavy atom. The van der Waals surface area contributed by atoms with Crippen LogP contribution >= 0.6 is 0 Å². The lowest BCUT2D eigenvalue weighted by atomic mass is 10.2. The summed E-state index contributed by atoms with van der Waals surface area (Å²) in [7, 11) is 0. The van der Waals surface area contributed by atoms with Gasteiger partial charge < -0.3 is 15.7 Å². The van der Waals surface area contributed by atoms with E-state index in [9.17, 15) is 5.11 Å². The van der Waals surface area contributed by atoms with E-state index in [0.717, 1.165) is 43.0 Å². The van der Waals surface area contributed by atoms with Crippen molar-refractivity contribution in [2.45, 2.75) is 39.2 Å². The van der Waals surface area contributed by atoms with Gasteiger partial charge in [-0.2, -0.15) is 0 Å². The van der Waals surface area contributed by atoms with Crippen LogP contribution in [0.1, 0.15) is 31.7 Å². The number of nitrogens with zero attached hydrogens (tertiary/aromatic N) is 2. The van der Waals surface area contributed by atoms with E-state index in [4.69, 9.17) is 0 Å². The van der Waals surface area contributed by atoms with Crippen LogP contribution in [0.2, 0.25) is 0 Å². The van der Waals surface area contributed by atoms with Crippen LogP contribution < -0.4 is 10.6 Å². The van der Waals surface area contributed by atoms with Crippen molar-refractivity contribution in [3.63, 3.8) is 0 Å². The Labute approximate surface area is 108 Å². The van der Waals surface area contributed by atoms with Crippen LogP contribution in [0.15, 0.2) is 6.33 Å². The molecule has 3 N–H and O–H groups in total. The molecule has 0 aromatic carbocycles. The van der Waals surface area contributed by atoms with Crippen molar-refractivity contribution in [1.29, 1.82) is 0 Å². The van der Waals surface area contributed by atoms with Crippen molar-refractivity contribution in [2.24, 2.45) is 5.92 Å². The van der Waals surface area contributed by atoms with Gasteiger partial charge in [-0.15, -0.1) is 0 Å². The Morgan fingerprint density at radius 2 is 2.00 bits per heavy atom. The summed E-state index contributed by atoms with van der Waals surface area (Å²) >= 11 is 0. The van der Waals surface area contributed by atoms with Crippen LogP contribution in [0.5, 0.6) is 0 Å². The van der Waals surface area contributed by atoms with Gasteiger partial charge in [0.15, 0.2) is 0 Å². The quantitative estimate of drug-likeness (QED) is 0.688. The maximum Gasteiger partial charge on any atom is 0.134 e. The van der Waals surface area contributed by atoms with Gasteiger partial charge in [0.25, 0.3) is 0 Å². The molecule has 100 valence electrons. The summed E-state index contributed by atoms with van der Waals surface area (Å²) < 4.78 is 0. The van der Waals surface area contributed by atoms with Gasteiger partial charge in [0, 0.05) is 18.7 Å². The van der Waals surface area contributed by atoms with Gasteiger partial charge in [-0.05, 0) is 32.1 Å². The Hall–Kier alpha value is -1.36. The van der Waals surface area contributed by atoms with Gasteiger partial charge in [0.1, 0.15) is 18.0 Å². The molecule has 0 bridgehead atoms. The van der Waals surface area contributed by atoms with E-state index in [1.165, 1.54) is 0 Å². The van der Waals surface area contributed by atoms with Gasteiger partial charge in [-0.1, -0.05) is 6.92 Å². The molecule has 1 unspecified atom stereocenters. The fraction of sp³-hybridized carbons (Fsp3) is 0.692. The molecule has 5 nitrogen and oxygen atoms in total. The van der Waals surface area contributed by atoms with Gasteiger partial charge in [0.05, 0.1) is 6.10 Å². The number of anilines is 2. The topological polar surface area (TPSA) is 70.1 Å². The molecule has 1 aromatic heterocycles. The zero-order chi connectivity index (χ0) is 13.0. The third-order valence-corrected chi connectivity index (χ3v) is 3.27. The predicted molar refractivity (Wildman–Crippen MR) is 72.8 cm³/mol. The molecule has 1 aromatic rings. The molecular formula is C13H22N4O. The highest BCUT2D eigenvalue weighted by molar-refractivity contribution is 5.56. The fourth-order valence-corrected chi connectivity index (χ4v) is 1.90. The molecule has 1 aliphatic rings. The second kappa shape index (κ2) is 6.00. The minimum absolute atomic E-state index is 0.258. The molecule has 1 atom stereocenters. The van der Waals surface area contributed by atoms with Crippen LogP contribution in [0.25, 0.3) is 0 Å². The summed E-state index contributed by atoms with van der Waals surface area (Å²) in [6.07, 6.45) is 4.65. The van der Waals surface area contributed by atoms with Gasteiger partial charge in [-0.3, -0.25) is 0 Å². The minimum Gasteiger partial charge on any atom is -0.391 e. The third-order valence-electron chi connectivity index (χ3n) is 3.27. The molecule has 0 spiro atoms. The number of rotatable bonds is 7. The molecule has 0 radical (unpaired) electrons. The van der Waals surface area contributed by atoms with Crippen molar-refractivity contribution in [3.05, 3.63) is 11.9 Å². The highest BCUT2D eigenvalue weighted by Gasteiger charge is 2.29. The number of aliphatic hydroxyl groups is 1. The van der Waals surface area contributed by atoms with E-state index in [-0.39, 0.29) is 6.10 Å². The van der Waals surface area contributed by atoms with Crippen LogP contribution in [0.3, 0.4) is 0 Å². The standard InChI is InChI=1S/C13H22N4O/c1-3-6-14-12-9(2)13(17-8-16-12)15-7-11(18)10-4-5-10/h8,10-11,18H,3-7H2,1-2H3,(H2,14,15,16,17). The molecule has 1 heterocycles. The third kappa shape index (κ3) is 3.32. The van der Waals surface area contributed by atoms with Crippen molar-refractivity contribution in [2.75, 3.05) is 23.7 Å². The van der Waals surface area contributed by atoms with Gasteiger partial charge >= 0.3 is 0 Å². The second-order valence-corrected chi connectivity index (χ2v) is 4.91. The molecule has 0 saturated heterocycles. The lowest BCUT2D eigenvalue weighted by Gasteiger charge is -2.14. The van der Waals surface area contributed by atoms with Crippen molar-refractivity contribution < 1.29 is 5.11 Å². The molecule has 1 saturated carbocycles. The Morgan fingerprint density at radius 3 is 2.61 bits per heavy atom. The summed E-state index contributed by atoms with van der Waals surface area (Å²) in [5, 5.41) is 16.3. The maximum atomic E-state index is 9.83. The average molecular weight is 250 g/mol. The van der Waals surface area contributed by atoms with E-state index in [1.807, 2.05) is 6.92 Å². The highest BCUT2D eigenvalue weighted by Crippen LogP contribution is 2.32. The summed E-state index contributed by atoms with van der Waals surface area (Å²) in [6.45, 7) is 5.58. The van der Waals surface area contributed by atoms with Crippen molar-refractivity contribution in [1.82, 2.24) is 9.97 Å². The first-order valence-corrected chi connectivity index (χ1v) is 6.69. The molecule has 0 aliphatic heterocycles.